The van der Waals surface area contributed by atoms with Gasteiger partial charge < -0.3 is 10.2 Å². The first-order chi connectivity index (χ1) is 12.0. The third kappa shape index (κ3) is 4.42. The van der Waals surface area contributed by atoms with Crippen molar-refractivity contribution in [3.8, 4) is 0 Å². The average Bonchev–Trinajstić information content (AvgIpc) is 3.11. The SMILES string of the molecule is Cc1nc(CCNC(=O)C2CC(=O)N(Cc3ccncc3)C2)sc1C. The van der Waals surface area contributed by atoms with Crippen LogP contribution in [0.5, 0.6) is 0 Å². The Morgan fingerprint density at radius 3 is 2.80 bits per heavy atom. The minimum atomic E-state index is -0.269. The van der Waals surface area contributed by atoms with Crippen molar-refractivity contribution in [3.05, 3.63) is 45.7 Å². The highest BCUT2D eigenvalue weighted by Gasteiger charge is 2.34. The second-order valence-corrected chi connectivity index (χ2v) is 7.61. The molecule has 132 valence electrons. The van der Waals surface area contributed by atoms with Gasteiger partial charge in [0, 0.05) is 49.7 Å². The van der Waals surface area contributed by atoms with Crippen molar-refractivity contribution in [1.82, 2.24) is 20.2 Å². The summed E-state index contributed by atoms with van der Waals surface area (Å²) in [5.41, 5.74) is 2.08. The van der Waals surface area contributed by atoms with Crippen LogP contribution in [0.2, 0.25) is 0 Å². The Kier molecular flexibility index (Phi) is 5.43. The quantitative estimate of drug-likeness (QED) is 0.855. The highest BCUT2D eigenvalue weighted by Crippen LogP contribution is 2.20. The number of pyridine rings is 1. The molecule has 0 aliphatic carbocycles. The number of thiazole rings is 1. The fraction of sp³-hybridized carbons (Fsp3) is 0.444. The number of hydrogen-bond donors (Lipinski definition) is 1. The molecule has 1 aliphatic heterocycles. The van der Waals surface area contributed by atoms with Gasteiger partial charge in [-0.1, -0.05) is 0 Å². The van der Waals surface area contributed by atoms with E-state index < -0.39 is 0 Å². The van der Waals surface area contributed by atoms with Crippen LogP contribution in [0.25, 0.3) is 0 Å². The van der Waals surface area contributed by atoms with Gasteiger partial charge in [-0.15, -0.1) is 11.3 Å². The maximum atomic E-state index is 12.3. The molecule has 1 aliphatic rings. The number of amides is 2. The number of hydrogen-bond acceptors (Lipinski definition) is 5. The minimum absolute atomic E-state index is 0.0307. The zero-order valence-electron chi connectivity index (χ0n) is 14.5. The molecule has 7 heteroatoms. The number of aryl methyl sites for hydroxylation is 2. The molecule has 0 saturated carbocycles. The van der Waals surface area contributed by atoms with Gasteiger partial charge in [-0.3, -0.25) is 14.6 Å². The van der Waals surface area contributed by atoms with Gasteiger partial charge in [0.2, 0.25) is 11.8 Å². The minimum Gasteiger partial charge on any atom is -0.355 e. The number of nitrogens with zero attached hydrogens (tertiary/aromatic N) is 3. The number of carbonyl (C=O) groups excluding carboxylic acids is 2. The summed E-state index contributed by atoms with van der Waals surface area (Å²) in [6.45, 7) is 5.61. The van der Waals surface area contributed by atoms with Crippen LogP contribution in [0.3, 0.4) is 0 Å². The van der Waals surface area contributed by atoms with Gasteiger partial charge in [-0.25, -0.2) is 4.98 Å². The smallest absolute Gasteiger partial charge is 0.225 e. The van der Waals surface area contributed by atoms with Gasteiger partial charge in [0.25, 0.3) is 0 Å². The summed E-state index contributed by atoms with van der Waals surface area (Å²) in [6, 6.07) is 3.78. The van der Waals surface area contributed by atoms with Crippen LogP contribution >= 0.6 is 11.3 Å². The fourth-order valence-corrected chi connectivity index (χ4v) is 3.83. The van der Waals surface area contributed by atoms with Gasteiger partial charge in [0.1, 0.15) is 0 Å². The average molecular weight is 358 g/mol. The van der Waals surface area contributed by atoms with E-state index in [2.05, 4.69) is 22.2 Å². The standard InChI is InChI=1S/C18H22N4O2S/c1-12-13(2)25-16(21-12)5-8-20-18(24)15-9-17(23)22(11-15)10-14-3-6-19-7-4-14/h3-4,6-7,15H,5,8-11H2,1-2H3,(H,20,24). The summed E-state index contributed by atoms with van der Waals surface area (Å²) in [7, 11) is 0. The predicted molar refractivity (Wildman–Crippen MR) is 96.1 cm³/mol. The molecule has 0 bridgehead atoms. The topological polar surface area (TPSA) is 75.2 Å². The molecule has 0 radical (unpaired) electrons. The Balaban J connectivity index is 1.47. The molecular formula is C18H22N4O2S. The molecule has 1 saturated heterocycles. The van der Waals surface area contributed by atoms with Crippen LogP contribution in [0, 0.1) is 19.8 Å². The molecule has 2 aromatic heterocycles. The Morgan fingerprint density at radius 1 is 1.36 bits per heavy atom. The molecule has 6 nitrogen and oxygen atoms in total. The summed E-state index contributed by atoms with van der Waals surface area (Å²) in [6.07, 6.45) is 4.43. The van der Waals surface area contributed by atoms with E-state index in [0.717, 1.165) is 22.7 Å². The first-order valence-corrected chi connectivity index (χ1v) is 9.22. The van der Waals surface area contributed by atoms with Crippen LogP contribution < -0.4 is 5.32 Å². The molecule has 1 fully saturated rings. The number of nitrogens with one attached hydrogen (secondary N) is 1. The molecule has 0 aromatic carbocycles. The normalized spacial score (nSPS) is 17.1. The van der Waals surface area contributed by atoms with E-state index in [1.165, 1.54) is 4.88 Å². The molecule has 1 N–H and O–H groups in total. The third-order valence-corrected chi connectivity index (χ3v) is 5.55. The second-order valence-electron chi connectivity index (χ2n) is 6.32. The highest BCUT2D eigenvalue weighted by molar-refractivity contribution is 7.11. The van der Waals surface area contributed by atoms with Crippen molar-refractivity contribution >= 4 is 23.2 Å². The maximum absolute atomic E-state index is 12.3. The summed E-state index contributed by atoms with van der Waals surface area (Å²) >= 11 is 1.67. The number of likely N-dealkylation sites (tertiary alicyclic amines) is 1. The molecule has 3 heterocycles. The molecule has 25 heavy (non-hydrogen) atoms. The van der Waals surface area contributed by atoms with Crippen molar-refractivity contribution in [2.45, 2.75) is 33.2 Å². The summed E-state index contributed by atoms with van der Waals surface area (Å²) in [5.74, 6) is -0.284. The largest absolute Gasteiger partial charge is 0.355 e. The van der Waals surface area contributed by atoms with Crippen LogP contribution in [0.1, 0.15) is 27.6 Å². The van der Waals surface area contributed by atoms with E-state index in [4.69, 9.17) is 0 Å². The third-order valence-electron chi connectivity index (χ3n) is 4.42. The van der Waals surface area contributed by atoms with E-state index in [1.807, 2.05) is 19.1 Å². The lowest BCUT2D eigenvalue weighted by atomic mass is 10.1. The van der Waals surface area contributed by atoms with Crippen LogP contribution in [0.15, 0.2) is 24.5 Å². The first-order valence-electron chi connectivity index (χ1n) is 8.40. The van der Waals surface area contributed by atoms with Gasteiger partial charge in [0.05, 0.1) is 16.6 Å². The van der Waals surface area contributed by atoms with Crippen molar-refractivity contribution in [2.75, 3.05) is 13.1 Å². The summed E-state index contributed by atoms with van der Waals surface area (Å²) in [5, 5.41) is 3.98. The zero-order chi connectivity index (χ0) is 17.8. The first kappa shape index (κ1) is 17.5. The highest BCUT2D eigenvalue weighted by atomic mass is 32.1. The van der Waals surface area contributed by atoms with Gasteiger partial charge in [-0.05, 0) is 31.5 Å². The van der Waals surface area contributed by atoms with Gasteiger partial charge in [0.15, 0.2) is 0 Å². The lowest BCUT2D eigenvalue weighted by Gasteiger charge is -2.16. The molecule has 3 rings (SSSR count). The molecule has 1 atom stereocenters. The van der Waals surface area contributed by atoms with Crippen LogP contribution in [-0.4, -0.2) is 39.8 Å². The number of carbonyl (C=O) groups is 2. The second kappa shape index (κ2) is 7.74. The van der Waals surface area contributed by atoms with Crippen molar-refractivity contribution in [2.24, 2.45) is 5.92 Å². The van der Waals surface area contributed by atoms with Crippen molar-refractivity contribution in [1.29, 1.82) is 0 Å². The predicted octanol–water partition coefficient (Wildman–Crippen LogP) is 1.86. The molecule has 2 amide bonds. The van der Waals surface area contributed by atoms with Crippen LogP contribution in [0.4, 0.5) is 0 Å². The van der Waals surface area contributed by atoms with E-state index >= 15 is 0 Å². The lowest BCUT2D eigenvalue weighted by molar-refractivity contribution is -0.129. The summed E-state index contributed by atoms with van der Waals surface area (Å²) in [4.78, 5) is 35.9. The monoisotopic (exact) mass is 358 g/mol. The molecule has 1 unspecified atom stereocenters. The lowest BCUT2D eigenvalue weighted by Crippen LogP contribution is -2.34. The van der Waals surface area contributed by atoms with Crippen molar-refractivity contribution in [3.63, 3.8) is 0 Å². The van der Waals surface area contributed by atoms with Crippen molar-refractivity contribution < 1.29 is 9.59 Å². The van der Waals surface area contributed by atoms with E-state index in [9.17, 15) is 9.59 Å². The Labute approximate surface area is 151 Å². The van der Waals surface area contributed by atoms with Gasteiger partial charge in [-0.2, -0.15) is 0 Å². The Bertz CT molecular complexity index is 740. The molecular weight excluding hydrogens is 336 g/mol. The fourth-order valence-electron chi connectivity index (χ4n) is 2.89. The van der Waals surface area contributed by atoms with Crippen LogP contribution in [-0.2, 0) is 22.6 Å². The van der Waals surface area contributed by atoms with E-state index in [0.29, 0.717) is 19.6 Å². The van der Waals surface area contributed by atoms with E-state index in [1.54, 1.807) is 28.6 Å². The Morgan fingerprint density at radius 2 is 2.12 bits per heavy atom. The summed E-state index contributed by atoms with van der Waals surface area (Å²) < 4.78 is 0. The zero-order valence-corrected chi connectivity index (χ0v) is 15.3. The van der Waals surface area contributed by atoms with E-state index in [-0.39, 0.29) is 24.2 Å². The molecule has 0 spiro atoms. The molecule has 2 aromatic rings. The number of rotatable bonds is 6. The maximum Gasteiger partial charge on any atom is 0.225 e. The Hall–Kier alpha value is -2.28. The number of aromatic nitrogens is 2. The van der Waals surface area contributed by atoms with Gasteiger partial charge >= 0.3 is 0 Å².